The molecule has 0 aliphatic carbocycles. The lowest BCUT2D eigenvalue weighted by molar-refractivity contribution is 0.597. The van der Waals surface area contributed by atoms with Gasteiger partial charge in [0.05, 0.1) is 0 Å². The van der Waals surface area contributed by atoms with Gasteiger partial charge in [0.2, 0.25) is 0 Å². The molecule has 2 aromatic carbocycles. The van der Waals surface area contributed by atoms with Crippen LogP contribution < -0.4 is 5.73 Å². The summed E-state index contributed by atoms with van der Waals surface area (Å²) in [5, 5.41) is 7.86. The summed E-state index contributed by atoms with van der Waals surface area (Å²) in [6.07, 6.45) is 1.61. The standard InChI is InChI=1S/C22H22N4O/c1-3-25-21(23)17-9-5-15(6-10-17)19-13-14-20(27-19)16-7-11-18(12-8-16)22(24)26-4-2/h3,5-14,23H,4H2,1-2H3,(H2,24,26). The van der Waals surface area contributed by atoms with Gasteiger partial charge < -0.3 is 10.2 Å². The highest BCUT2D eigenvalue weighted by atomic mass is 16.3. The fourth-order valence-corrected chi connectivity index (χ4v) is 2.71. The summed E-state index contributed by atoms with van der Waals surface area (Å²) in [7, 11) is 0. The van der Waals surface area contributed by atoms with Gasteiger partial charge in [-0.2, -0.15) is 0 Å². The molecule has 27 heavy (non-hydrogen) atoms. The first-order chi connectivity index (χ1) is 13.1. The van der Waals surface area contributed by atoms with Crippen molar-refractivity contribution in [1.29, 1.82) is 5.41 Å². The molecule has 0 saturated carbocycles. The SMILES string of the molecule is CC=NC(=N)c1ccc(-c2ccc(-c3ccc(C(N)=NCC)cc3)o2)cc1. The largest absolute Gasteiger partial charge is 0.456 e. The molecule has 0 unspecified atom stereocenters. The Morgan fingerprint density at radius 1 is 0.926 bits per heavy atom. The lowest BCUT2D eigenvalue weighted by atomic mass is 10.1. The van der Waals surface area contributed by atoms with E-state index in [0.29, 0.717) is 12.4 Å². The number of nitrogens with two attached hydrogens (primary N) is 1. The Balaban J connectivity index is 1.80. The molecule has 0 fully saturated rings. The normalized spacial score (nSPS) is 11.9. The Morgan fingerprint density at radius 2 is 1.44 bits per heavy atom. The second kappa shape index (κ2) is 8.27. The molecule has 1 heterocycles. The van der Waals surface area contributed by atoms with Crippen molar-refractivity contribution in [2.45, 2.75) is 13.8 Å². The van der Waals surface area contributed by atoms with Gasteiger partial charge in [0.15, 0.2) is 5.84 Å². The first kappa shape index (κ1) is 18.3. The van der Waals surface area contributed by atoms with Crippen LogP contribution in [0.3, 0.4) is 0 Å². The van der Waals surface area contributed by atoms with E-state index in [9.17, 15) is 0 Å². The Morgan fingerprint density at radius 3 is 1.93 bits per heavy atom. The number of rotatable bonds is 5. The molecule has 3 aromatic rings. The van der Waals surface area contributed by atoms with E-state index in [1.807, 2.05) is 67.6 Å². The van der Waals surface area contributed by atoms with Crippen LogP contribution in [0.1, 0.15) is 25.0 Å². The molecule has 0 amide bonds. The van der Waals surface area contributed by atoms with E-state index in [0.717, 1.165) is 33.8 Å². The molecule has 5 heteroatoms. The zero-order valence-corrected chi connectivity index (χ0v) is 15.4. The lowest BCUT2D eigenvalue weighted by Gasteiger charge is -2.03. The highest BCUT2D eigenvalue weighted by molar-refractivity contribution is 6.00. The average Bonchev–Trinajstić information content (AvgIpc) is 3.19. The Bertz CT molecular complexity index is 920. The summed E-state index contributed by atoms with van der Waals surface area (Å²) < 4.78 is 6.01. The fourth-order valence-electron chi connectivity index (χ4n) is 2.71. The zero-order valence-electron chi connectivity index (χ0n) is 15.4. The number of furan rings is 1. The molecule has 136 valence electrons. The van der Waals surface area contributed by atoms with Gasteiger partial charge in [-0.05, 0) is 26.0 Å². The van der Waals surface area contributed by atoms with Crippen LogP contribution in [0.2, 0.25) is 0 Å². The van der Waals surface area contributed by atoms with E-state index in [1.54, 1.807) is 13.1 Å². The minimum atomic E-state index is 0.246. The third-order valence-corrected chi connectivity index (χ3v) is 4.10. The number of benzene rings is 2. The molecule has 3 rings (SSSR count). The molecule has 0 atom stereocenters. The number of hydrogen-bond donors (Lipinski definition) is 2. The van der Waals surface area contributed by atoms with Crippen LogP contribution in [0.4, 0.5) is 0 Å². The maximum Gasteiger partial charge on any atom is 0.151 e. The molecule has 0 bridgehead atoms. The van der Waals surface area contributed by atoms with Crippen LogP contribution in [0, 0.1) is 5.41 Å². The fraction of sp³-hybridized carbons (Fsp3) is 0.136. The van der Waals surface area contributed by atoms with Crippen LogP contribution in [0.15, 0.2) is 75.1 Å². The molecule has 0 aliphatic heterocycles. The predicted octanol–water partition coefficient (Wildman–Crippen LogP) is 4.75. The summed E-state index contributed by atoms with van der Waals surface area (Å²) in [6.45, 7) is 4.42. The van der Waals surface area contributed by atoms with Gasteiger partial charge in [-0.1, -0.05) is 48.5 Å². The zero-order chi connectivity index (χ0) is 19.2. The Hall–Kier alpha value is -3.47. The Kier molecular flexibility index (Phi) is 5.61. The number of nitrogens with one attached hydrogen (secondary N) is 1. The second-order valence-electron chi connectivity index (χ2n) is 5.91. The van der Waals surface area contributed by atoms with Crippen LogP contribution in [-0.4, -0.2) is 24.4 Å². The minimum Gasteiger partial charge on any atom is -0.456 e. The van der Waals surface area contributed by atoms with Crippen LogP contribution in [0.5, 0.6) is 0 Å². The van der Waals surface area contributed by atoms with Crippen molar-refractivity contribution in [3.8, 4) is 22.6 Å². The number of hydrogen-bond acceptors (Lipinski definition) is 3. The number of aliphatic imine (C=N–C) groups is 2. The summed E-state index contributed by atoms with van der Waals surface area (Å²) >= 11 is 0. The number of nitrogens with zero attached hydrogens (tertiary/aromatic N) is 2. The molecular weight excluding hydrogens is 336 g/mol. The molecule has 0 aliphatic rings. The summed E-state index contributed by atoms with van der Waals surface area (Å²) in [5.41, 5.74) is 9.53. The van der Waals surface area contributed by atoms with Crippen LogP contribution in [0.25, 0.3) is 22.6 Å². The maximum absolute atomic E-state index is 7.86. The third kappa shape index (κ3) is 4.20. The second-order valence-corrected chi connectivity index (χ2v) is 5.91. The quantitative estimate of drug-likeness (QED) is 0.509. The third-order valence-electron chi connectivity index (χ3n) is 4.10. The minimum absolute atomic E-state index is 0.246. The van der Waals surface area contributed by atoms with Crippen molar-refractivity contribution in [3.05, 3.63) is 71.8 Å². The maximum atomic E-state index is 7.86. The Labute approximate surface area is 158 Å². The van der Waals surface area contributed by atoms with Gasteiger partial charge in [-0.25, -0.2) is 4.99 Å². The van der Waals surface area contributed by atoms with Crippen molar-refractivity contribution >= 4 is 17.9 Å². The van der Waals surface area contributed by atoms with Crippen molar-refractivity contribution in [2.75, 3.05) is 6.54 Å². The summed E-state index contributed by atoms with van der Waals surface area (Å²) in [5.74, 6) is 2.35. The van der Waals surface area contributed by atoms with Gasteiger partial charge in [0.1, 0.15) is 17.4 Å². The van der Waals surface area contributed by atoms with Gasteiger partial charge in [0.25, 0.3) is 0 Å². The summed E-state index contributed by atoms with van der Waals surface area (Å²) in [6, 6.07) is 19.3. The monoisotopic (exact) mass is 358 g/mol. The molecule has 0 saturated heterocycles. The van der Waals surface area contributed by atoms with Crippen molar-refractivity contribution < 1.29 is 4.42 Å². The number of amidine groups is 2. The van der Waals surface area contributed by atoms with Crippen LogP contribution >= 0.6 is 0 Å². The predicted molar refractivity (Wildman–Crippen MR) is 112 cm³/mol. The molecule has 5 nitrogen and oxygen atoms in total. The highest BCUT2D eigenvalue weighted by Crippen LogP contribution is 2.29. The smallest absolute Gasteiger partial charge is 0.151 e. The van der Waals surface area contributed by atoms with Crippen molar-refractivity contribution in [2.24, 2.45) is 15.7 Å². The van der Waals surface area contributed by atoms with E-state index in [2.05, 4.69) is 9.98 Å². The van der Waals surface area contributed by atoms with E-state index in [-0.39, 0.29) is 5.84 Å². The van der Waals surface area contributed by atoms with E-state index < -0.39 is 0 Å². The van der Waals surface area contributed by atoms with Gasteiger partial charge in [-0.3, -0.25) is 10.4 Å². The molecule has 0 radical (unpaired) electrons. The molecule has 3 N–H and O–H groups in total. The average molecular weight is 358 g/mol. The molecule has 1 aromatic heterocycles. The first-order valence-corrected chi connectivity index (χ1v) is 8.81. The van der Waals surface area contributed by atoms with E-state index >= 15 is 0 Å². The van der Waals surface area contributed by atoms with E-state index in [1.165, 1.54) is 0 Å². The van der Waals surface area contributed by atoms with Crippen LogP contribution in [-0.2, 0) is 0 Å². The van der Waals surface area contributed by atoms with Gasteiger partial charge in [0, 0.05) is 35.0 Å². The van der Waals surface area contributed by atoms with Crippen molar-refractivity contribution in [3.63, 3.8) is 0 Å². The summed E-state index contributed by atoms with van der Waals surface area (Å²) in [4.78, 5) is 8.21. The van der Waals surface area contributed by atoms with Gasteiger partial charge >= 0.3 is 0 Å². The highest BCUT2D eigenvalue weighted by Gasteiger charge is 2.08. The first-order valence-electron chi connectivity index (χ1n) is 8.81. The lowest BCUT2D eigenvalue weighted by Crippen LogP contribution is -2.13. The topological polar surface area (TPSA) is 87.7 Å². The van der Waals surface area contributed by atoms with Gasteiger partial charge in [-0.15, -0.1) is 0 Å². The van der Waals surface area contributed by atoms with Crippen molar-refractivity contribution in [1.82, 2.24) is 0 Å². The molecule has 0 spiro atoms. The molecular formula is C22H22N4O. The van der Waals surface area contributed by atoms with E-state index in [4.69, 9.17) is 15.6 Å².